The number of ether oxygens (including phenoxy) is 1. The fraction of sp³-hybridized carbons (Fsp3) is 0.250. The van der Waals surface area contributed by atoms with E-state index in [-0.39, 0.29) is 0 Å². The van der Waals surface area contributed by atoms with E-state index in [0.717, 1.165) is 12.7 Å². The lowest BCUT2D eigenvalue weighted by molar-refractivity contribution is -0.134. The molecule has 0 aliphatic heterocycles. The Morgan fingerprint density at radius 3 is 2.13 bits per heavy atom. The van der Waals surface area contributed by atoms with Crippen molar-refractivity contribution in [2.45, 2.75) is 13.8 Å². The van der Waals surface area contributed by atoms with Gasteiger partial charge in [0.25, 0.3) is 5.97 Å². The van der Waals surface area contributed by atoms with Gasteiger partial charge in [-0.05, 0) is 24.6 Å². The first-order valence-electron chi connectivity index (χ1n) is 4.56. The molecule has 0 bridgehead atoms. The van der Waals surface area contributed by atoms with Crippen molar-refractivity contribution in [3.63, 3.8) is 0 Å². The quantitative estimate of drug-likeness (QED) is 0.812. The topological polar surface area (TPSA) is 46.5 Å². The molecule has 0 heterocycles. The third kappa shape index (κ3) is 7.31. The van der Waals surface area contributed by atoms with Crippen LogP contribution >= 0.6 is 0 Å². The molecule has 3 nitrogen and oxygen atoms in total. The summed E-state index contributed by atoms with van der Waals surface area (Å²) in [4.78, 5) is 9.00. The highest BCUT2D eigenvalue weighted by atomic mass is 16.5. The molecule has 0 amide bonds. The van der Waals surface area contributed by atoms with Gasteiger partial charge in [-0.1, -0.05) is 24.3 Å². The van der Waals surface area contributed by atoms with Gasteiger partial charge in [0.1, 0.15) is 5.75 Å². The molecule has 0 atom stereocenters. The maximum absolute atomic E-state index is 9.00. The third-order valence-corrected chi connectivity index (χ3v) is 1.47. The first kappa shape index (κ1) is 13.2. The number of hydrogen-bond donors (Lipinski definition) is 1. The molecule has 82 valence electrons. The molecular weight excluding hydrogens is 192 g/mol. The van der Waals surface area contributed by atoms with E-state index in [1.165, 1.54) is 5.56 Å². The van der Waals surface area contributed by atoms with Crippen LogP contribution in [0.4, 0.5) is 0 Å². The highest BCUT2D eigenvalue weighted by molar-refractivity contribution is 5.62. The molecule has 0 spiro atoms. The van der Waals surface area contributed by atoms with E-state index >= 15 is 0 Å². The van der Waals surface area contributed by atoms with Crippen molar-refractivity contribution in [1.82, 2.24) is 0 Å². The van der Waals surface area contributed by atoms with Crippen molar-refractivity contribution in [1.29, 1.82) is 0 Å². The first-order valence-corrected chi connectivity index (χ1v) is 4.56. The van der Waals surface area contributed by atoms with E-state index < -0.39 is 5.97 Å². The zero-order valence-electron chi connectivity index (χ0n) is 9.23. The summed E-state index contributed by atoms with van der Waals surface area (Å²) in [6, 6.07) is 7.96. The SMILES string of the molecule is CC(=O)O.CC=Cc1ccc(OC)cc1. The van der Waals surface area contributed by atoms with E-state index in [0.29, 0.717) is 0 Å². The van der Waals surface area contributed by atoms with E-state index in [9.17, 15) is 0 Å². The normalized spacial score (nSPS) is 9.27. The van der Waals surface area contributed by atoms with Crippen molar-refractivity contribution >= 4 is 12.0 Å². The number of aliphatic carboxylic acids is 1. The molecule has 0 aromatic heterocycles. The number of rotatable bonds is 2. The molecule has 1 aromatic rings. The van der Waals surface area contributed by atoms with E-state index in [1.807, 2.05) is 37.3 Å². The minimum Gasteiger partial charge on any atom is -0.497 e. The maximum Gasteiger partial charge on any atom is 0.300 e. The summed E-state index contributed by atoms with van der Waals surface area (Å²) in [5, 5.41) is 7.42. The van der Waals surface area contributed by atoms with Gasteiger partial charge in [0.2, 0.25) is 0 Å². The Kier molecular flexibility index (Phi) is 6.72. The zero-order valence-corrected chi connectivity index (χ0v) is 9.23. The average Bonchev–Trinajstić information content (AvgIpc) is 2.19. The van der Waals surface area contributed by atoms with Gasteiger partial charge in [-0.25, -0.2) is 0 Å². The number of benzene rings is 1. The lowest BCUT2D eigenvalue weighted by atomic mass is 10.2. The Morgan fingerprint density at radius 1 is 1.33 bits per heavy atom. The Hall–Kier alpha value is -1.77. The van der Waals surface area contributed by atoms with Gasteiger partial charge >= 0.3 is 0 Å². The molecule has 0 fully saturated rings. The fourth-order valence-corrected chi connectivity index (χ4v) is 0.907. The van der Waals surface area contributed by atoms with Gasteiger partial charge in [0, 0.05) is 6.92 Å². The molecule has 1 aromatic carbocycles. The van der Waals surface area contributed by atoms with Gasteiger partial charge in [-0.15, -0.1) is 0 Å². The monoisotopic (exact) mass is 208 g/mol. The van der Waals surface area contributed by atoms with Crippen molar-refractivity contribution in [3.8, 4) is 5.75 Å². The molecule has 3 heteroatoms. The minimum absolute atomic E-state index is 0.833. The highest BCUT2D eigenvalue weighted by Crippen LogP contribution is 2.11. The number of carboxylic acids is 1. The minimum atomic E-state index is -0.833. The van der Waals surface area contributed by atoms with Crippen LogP contribution in [0, 0.1) is 0 Å². The van der Waals surface area contributed by atoms with Crippen LogP contribution in [0.2, 0.25) is 0 Å². The van der Waals surface area contributed by atoms with Gasteiger partial charge in [-0.3, -0.25) is 4.79 Å². The third-order valence-electron chi connectivity index (χ3n) is 1.47. The number of allylic oxidation sites excluding steroid dienone is 1. The number of carbonyl (C=O) groups is 1. The largest absolute Gasteiger partial charge is 0.497 e. The molecule has 0 radical (unpaired) electrons. The molecule has 0 saturated heterocycles. The molecule has 0 saturated carbocycles. The van der Waals surface area contributed by atoms with Crippen LogP contribution < -0.4 is 4.74 Å². The van der Waals surface area contributed by atoms with Crippen LogP contribution in [0.15, 0.2) is 30.3 Å². The van der Waals surface area contributed by atoms with Crippen molar-refractivity contribution in [2.75, 3.05) is 7.11 Å². The second kappa shape index (κ2) is 7.62. The van der Waals surface area contributed by atoms with E-state index in [2.05, 4.69) is 6.08 Å². The molecule has 1 N–H and O–H groups in total. The lowest BCUT2D eigenvalue weighted by Gasteiger charge is -1.98. The van der Waals surface area contributed by atoms with Crippen LogP contribution in [0.3, 0.4) is 0 Å². The highest BCUT2D eigenvalue weighted by Gasteiger charge is 1.87. The van der Waals surface area contributed by atoms with Crippen molar-refractivity contribution in [2.24, 2.45) is 0 Å². The molecule has 0 unspecified atom stereocenters. The maximum atomic E-state index is 9.00. The zero-order chi connectivity index (χ0) is 11.7. The molecule has 15 heavy (non-hydrogen) atoms. The predicted molar refractivity (Wildman–Crippen MR) is 61.0 cm³/mol. The van der Waals surface area contributed by atoms with Gasteiger partial charge in [0.15, 0.2) is 0 Å². The van der Waals surface area contributed by atoms with E-state index in [4.69, 9.17) is 14.6 Å². The second-order valence-electron chi connectivity index (χ2n) is 2.79. The summed E-state index contributed by atoms with van der Waals surface area (Å²) in [7, 11) is 1.67. The Labute approximate surface area is 90.0 Å². The van der Waals surface area contributed by atoms with E-state index in [1.54, 1.807) is 7.11 Å². The summed E-state index contributed by atoms with van der Waals surface area (Å²) in [5.74, 6) is 0.0678. The lowest BCUT2D eigenvalue weighted by Crippen LogP contribution is -1.80. The van der Waals surface area contributed by atoms with Gasteiger partial charge < -0.3 is 9.84 Å². The summed E-state index contributed by atoms with van der Waals surface area (Å²) >= 11 is 0. The Morgan fingerprint density at radius 2 is 1.80 bits per heavy atom. The van der Waals surface area contributed by atoms with Crippen LogP contribution in [0.1, 0.15) is 19.4 Å². The fourth-order valence-electron chi connectivity index (χ4n) is 0.907. The molecule has 0 aliphatic rings. The van der Waals surface area contributed by atoms with Crippen LogP contribution in [-0.2, 0) is 4.79 Å². The van der Waals surface area contributed by atoms with Gasteiger partial charge in [-0.2, -0.15) is 0 Å². The number of hydrogen-bond acceptors (Lipinski definition) is 2. The second-order valence-corrected chi connectivity index (χ2v) is 2.79. The van der Waals surface area contributed by atoms with Crippen LogP contribution in [0.5, 0.6) is 5.75 Å². The molecule has 0 aliphatic carbocycles. The summed E-state index contributed by atoms with van der Waals surface area (Å²) < 4.78 is 5.02. The summed E-state index contributed by atoms with van der Waals surface area (Å²) in [6.07, 6.45) is 4.07. The number of carboxylic acid groups (broad SMARTS) is 1. The van der Waals surface area contributed by atoms with Crippen molar-refractivity contribution < 1.29 is 14.6 Å². The van der Waals surface area contributed by atoms with Crippen molar-refractivity contribution in [3.05, 3.63) is 35.9 Å². The predicted octanol–water partition coefficient (Wildman–Crippen LogP) is 2.82. The Bertz CT molecular complexity index is 308. The van der Waals surface area contributed by atoms with Gasteiger partial charge in [0.05, 0.1) is 7.11 Å². The number of methoxy groups -OCH3 is 1. The smallest absolute Gasteiger partial charge is 0.300 e. The molecular formula is C12H16O3. The first-order chi connectivity index (χ1) is 7.10. The average molecular weight is 208 g/mol. The summed E-state index contributed by atoms with van der Waals surface area (Å²) in [6.45, 7) is 3.09. The van der Waals surface area contributed by atoms with Crippen LogP contribution in [-0.4, -0.2) is 18.2 Å². The summed E-state index contributed by atoms with van der Waals surface area (Å²) in [5.41, 5.74) is 1.20. The Balaban J connectivity index is 0.000000423. The van der Waals surface area contributed by atoms with Crippen LogP contribution in [0.25, 0.3) is 6.08 Å². The molecule has 1 rings (SSSR count). The standard InChI is InChI=1S/C10H12O.C2H4O2/c1-3-4-9-5-7-10(11-2)8-6-9;1-2(3)4/h3-8H,1-2H3;1H3,(H,3,4).